The summed E-state index contributed by atoms with van der Waals surface area (Å²) < 4.78 is 32.5. The highest BCUT2D eigenvalue weighted by Gasteiger charge is 2.31. The highest BCUT2D eigenvalue weighted by atomic mass is 35.5. The van der Waals surface area contributed by atoms with Gasteiger partial charge in [-0.2, -0.15) is 0 Å². The van der Waals surface area contributed by atoms with Gasteiger partial charge in [-0.3, -0.25) is 0 Å². The number of amides is 1. The molecule has 2 rings (SSSR count). The van der Waals surface area contributed by atoms with E-state index in [-0.39, 0.29) is 11.8 Å². The Morgan fingerprint density at radius 2 is 1.96 bits per heavy atom. The number of hydrogen-bond acceptors (Lipinski definition) is 4. The fourth-order valence-electron chi connectivity index (χ4n) is 2.44. The first-order chi connectivity index (χ1) is 11.0. The minimum absolute atomic E-state index is 0.118. The number of benzene rings is 1. The first kappa shape index (κ1) is 19.0. The number of carbonyl (C=O) groups excluding carboxylic acids is 1. The number of nitrogens with zero attached hydrogens (tertiary/aromatic N) is 1. The number of hydrogen-bond donors (Lipinski definition) is 1. The Morgan fingerprint density at radius 1 is 1.33 bits per heavy atom. The van der Waals surface area contributed by atoms with E-state index < -0.39 is 21.7 Å². The number of ether oxygens (including phenoxy) is 1. The largest absolute Gasteiger partial charge is 0.444 e. The van der Waals surface area contributed by atoms with Crippen molar-refractivity contribution in [3.05, 3.63) is 34.9 Å². The lowest BCUT2D eigenvalue weighted by molar-refractivity contribution is 0.0292. The maximum Gasteiger partial charge on any atom is 0.410 e. The molecule has 134 valence electrons. The van der Waals surface area contributed by atoms with E-state index in [1.807, 2.05) is 0 Å². The molecular weight excluding hydrogens is 352 g/mol. The zero-order valence-electron chi connectivity index (χ0n) is 14.1. The fourth-order valence-corrected chi connectivity index (χ4v) is 3.99. The molecule has 0 aromatic heterocycles. The minimum Gasteiger partial charge on any atom is -0.444 e. The van der Waals surface area contributed by atoms with Crippen LogP contribution in [0.3, 0.4) is 0 Å². The van der Waals surface area contributed by atoms with Crippen LogP contribution >= 0.6 is 11.6 Å². The second-order valence-corrected chi connectivity index (χ2v) is 9.11. The number of nitrogens with one attached hydrogen (secondary N) is 1. The van der Waals surface area contributed by atoms with Crippen LogP contribution in [0, 0.1) is 0 Å². The molecule has 1 aliphatic rings. The summed E-state index contributed by atoms with van der Waals surface area (Å²) in [6, 6.07) is 6.39. The van der Waals surface area contributed by atoms with Crippen LogP contribution in [0.4, 0.5) is 4.79 Å². The zero-order chi connectivity index (χ0) is 18.0. The van der Waals surface area contributed by atoms with Crippen molar-refractivity contribution in [2.24, 2.45) is 0 Å². The molecule has 0 aliphatic carbocycles. The SMILES string of the molecule is CC(C)(C)OC(=O)N1CC[C@@H](NS(=O)(=O)Cc2ccc(Cl)cc2)C1. The predicted molar refractivity (Wildman–Crippen MR) is 93.4 cm³/mol. The standard InChI is InChI=1S/C16H23ClN2O4S/c1-16(2,3)23-15(20)19-9-8-14(10-19)18-24(21,22)11-12-4-6-13(17)7-5-12/h4-7,14,18H,8-11H2,1-3H3/t14-/m1/s1. The molecule has 24 heavy (non-hydrogen) atoms. The number of carbonyl (C=O) groups is 1. The lowest BCUT2D eigenvalue weighted by Crippen LogP contribution is -2.40. The van der Waals surface area contributed by atoms with Gasteiger partial charge in [-0.05, 0) is 44.9 Å². The highest BCUT2D eigenvalue weighted by Crippen LogP contribution is 2.17. The quantitative estimate of drug-likeness (QED) is 0.879. The number of sulfonamides is 1. The highest BCUT2D eigenvalue weighted by molar-refractivity contribution is 7.88. The predicted octanol–water partition coefficient (Wildman–Crippen LogP) is 2.77. The molecular formula is C16H23ClN2O4S. The van der Waals surface area contributed by atoms with Gasteiger partial charge in [-0.25, -0.2) is 17.9 Å². The van der Waals surface area contributed by atoms with Crippen LogP contribution in [-0.2, 0) is 20.5 Å². The summed E-state index contributed by atoms with van der Waals surface area (Å²) in [5, 5.41) is 0.563. The third-order valence-corrected chi connectivity index (χ3v) is 5.11. The molecule has 1 heterocycles. The van der Waals surface area contributed by atoms with Crippen LogP contribution in [0.5, 0.6) is 0 Å². The van der Waals surface area contributed by atoms with Gasteiger partial charge in [0.1, 0.15) is 5.60 Å². The van der Waals surface area contributed by atoms with Crippen molar-refractivity contribution in [3.63, 3.8) is 0 Å². The molecule has 0 spiro atoms. The second-order valence-electron chi connectivity index (χ2n) is 6.92. The van der Waals surface area contributed by atoms with Crippen LogP contribution in [0.1, 0.15) is 32.8 Å². The molecule has 1 amide bonds. The Kier molecular flexibility index (Phi) is 5.78. The van der Waals surface area contributed by atoms with Crippen molar-refractivity contribution in [2.75, 3.05) is 13.1 Å². The van der Waals surface area contributed by atoms with Crippen molar-refractivity contribution in [2.45, 2.75) is 44.6 Å². The van der Waals surface area contributed by atoms with E-state index in [1.165, 1.54) is 4.90 Å². The molecule has 1 N–H and O–H groups in total. The summed E-state index contributed by atoms with van der Waals surface area (Å²) in [6.07, 6.45) is 0.154. The summed E-state index contributed by atoms with van der Waals surface area (Å²) in [5.74, 6) is -0.118. The molecule has 1 saturated heterocycles. The average Bonchev–Trinajstić information content (AvgIpc) is 2.87. The van der Waals surface area contributed by atoms with Crippen molar-refractivity contribution >= 4 is 27.7 Å². The van der Waals surface area contributed by atoms with Gasteiger partial charge in [0.05, 0.1) is 5.75 Å². The van der Waals surface area contributed by atoms with Crippen molar-refractivity contribution in [3.8, 4) is 0 Å². The monoisotopic (exact) mass is 374 g/mol. The molecule has 1 aliphatic heterocycles. The summed E-state index contributed by atoms with van der Waals surface area (Å²) in [7, 11) is -3.49. The van der Waals surface area contributed by atoms with E-state index in [9.17, 15) is 13.2 Å². The van der Waals surface area contributed by atoms with Crippen LogP contribution in [-0.4, -0.2) is 44.1 Å². The average molecular weight is 375 g/mol. The third kappa shape index (κ3) is 5.96. The van der Waals surface area contributed by atoms with Gasteiger partial charge in [0, 0.05) is 24.2 Å². The van der Waals surface area contributed by atoms with Crippen LogP contribution in [0.15, 0.2) is 24.3 Å². The Labute approximate surface area is 148 Å². The van der Waals surface area contributed by atoms with Gasteiger partial charge in [0.15, 0.2) is 0 Å². The maximum atomic E-state index is 12.3. The van der Waals surface area contributed by atoms with E-state index in [0.717, 1.165) is 0 Å². The summed E-state index contributed by atoms with van der Waals surface area (Å²) in [6.45, 7) is 6.19. The van der Waals surface area contributed by atoms with Crippen LogP contribution in [0.2, 0.25) is 5.02 Å². The lowest BCUT2D eigenvalue weighted by Gasteiger charge is -2.24. The van der Waals surface area contributed by atoms with Crippen LogP contribution < -0.4 is 4.72 Å². The molecule has 1 aromatic carbocycles. The normalized spacial score (nSPS) is 18.7. The topological polar surface area (TPSA) is 75.7 Å². The minimum atomic E-state index is -3.49. The van der Waals surface area contributed by atoms with Gasteiger partial charge in [-0.15, -0.1) is 0 Å². The molecule has 0 bridgehead atoms. The van der Waals surface area contributed by atoms with Crippen molar-refractivity contribution in [1.29, 1.82) is 0 Å². The van der Waals surface area contributed by atoms with E-state index in [4.69, 9.17) is 16.3 Å². The van der Waals surface area contributed by atoms with Crippen LogP contribution in [0.25, 0.3) is 0 Å². The maximum absolute atomic E-state index is 12.3. The molecule has 8 heteroatoms. The van der Waals surface area contributed by atoms with E-state index in [1.54, 1.807) is 45.0 Å². The first-order valence-electron chi connectivity index (χ1n) is 7.76. The molecule has 1 fully saturated rings. The molecule has 6 nitrogen and oxygen atoms in total. The van der Waals surface area contributed by atoms with Crippen molar-refractivity contribution in [1.82, 2.24) is 9.62 Å². The summed E-state index contributed by atoms with van der Waals surface area (Å²) in [4.78, 5) is 13.5. The van der Waals surface area contributed by atoms with Gasteiger partial charge < -0.3 is 9.64 Å². The Bertz CT molecular complexity index is 683. The second kappa shape index (κ2) is 7.29. The molecule has 0 radical (unpaired) electrons. The Balaban J connectivity index is 1.89. The summed E-state index contributed by atoms with van der Waals surface area (Å²) in [5.41, 5.74) is 0.0948. The number of likely N-dealkylation sites (tertiary alicyclic amines) is 1. The third-order valence-electron chi connectivity index (χ3n) is 3.46. The zero-order valence-corrected chi connectivity index (χ0v) is 15.7. The van der Waals surface area contributed by atoms with Crippen molar-refractivity contribution < 1.29 is 17.9 Å². The van der Waals surface area contributed by atoms with E-state index in [0.29, 0.717) is 30.1 Å². The summed E-state index contributed by atoms with van der Waals surface area (Å²) >= 11 is 5.80. The molecule has 1 aromatic rings. The smallest absolute Gasteiger partial charge is 0.410 e. The first-order valence-corrected chi connectivity index (χ1v) is 9.79. The Morgan fingerprint density at radius 3 is 2.54 bits per heavy atom. The molecule has 1 atom stereocenters. The fraction of sp³-hybridized carbons (Fsp3) is 0.562. The van der Waals surface area contributed by atoms with Gasteiger partial charge in [0.2, 0.25) is 10.0 Å². The molecule has 0 saturated carbocycles. The lowest BCUT2D eigenvalue weighted by atomic mass is 10.2. The van der Waals surface area contributed by atoms with E-state index in [2.05, 4.69) is 4.72 Å². The number of rotatable bonds is 4. The number of halogens is 1. The Hall–Kier alpha value is -1.31. The van der Waals surface area contributed by atoms with E-state index >= 15 is 0 Å². The van der Waals surface area contributed by atoms with Gasteiger partial charge >= 0.3 is 6.09 Å². The van der Waals surface area contributed by atoms with Gasteiger partial charge in [-0.1, -0.05) is 23.7 Å². The van der Waals surface area contributed by atoms with Gasteiger partial charge in [0.25, 0.3) is 0 Å². The molecule has 0 unspecified atom stereocenters.